The van der Waals surface area contributed by atoms with Crippen molar-refractivity contribution in [2.24, 2.45) is 0 Å². The van der Waals surface area contributed by atoms with Crippen molar-refractivity contribution in [2.75, 3.05) is 5.75 Å². The lowest BCUT2D eigenvalue weighted by atomic mass is 10.1. The summed E-state index contributed by atoms with van der Waals surface area (Å²) in [7, 11) is 0. The normalized spacial score (nSPS) is 25.9. The quantitative estimate of drug-likeness (QED) is 0.802. The summed E-state index contributed by atoms with van der Waals surface area (Å²) in [5, 5.41) is 1.52. The molecule has 1 aromatic carbocycles. The van der Waals surface area contributed by atoms with Crippen LogP contribution in [0, 0.1) is 0 Å². The first-order valence-corrected chi connectivity index (χ1v) is 9.41. The van der Waals surface area contributed by atoms with E-state index in [1.807, 2.05) is 24.7 Å². The highest BCUT2D eigenvalue weighted by Gasteiger charge is 2.37. The molecule has 0 radical (unpaired) electrons. The minimum Gasteiger partial charge on any atom is -0.335 e. The van der Waals surface area contributed by atoms with E-state index in [9.17, 15) is 0 Å². The molecule has 2 unspecified atom stereocenters. The molecule has 0 bridgehead atoms. The number of hydrogen-bond donors (Lipinski definition) is 0. The smallest absolute Gasteiger partial charge is 0.0946 e. The number of halogens is 1. The van der Waals surface area contributed by atoms with Crippen molar-refractivity contribution in [2.45, 2.75) is 35.6 Å². The van der Waals surface area contributed by atoms with Crippen LogP contribution in [0.3, 0.4) is 0 Å². The molecule has 1 aliphatic rings. The fourth-order valence-electron chi connectivity index (χ4n) is 2.67. The summed E-state index contributed by atoms with van der Waals surface area (Å²) in [4.78, 5) is 4.18. The Morgan fingerprint density at radius 2 is 2.19 bits per heavy atom. The second kappa shape index (κ2) is 6.67. The van der Waals surface area contributed by atoms with E-state index in [-0.39, 0.29) is 4.08 Å². The number of nitrogens with zero attached hydrogens (tertiary/aromatic N) is 2. The Labute approximate surface area is 139 Å². The van der Waals surface area contributed by atoms with E-state index < -0.39 is 0 Å². The SMILES string of the molecule is CC1CCSC(Cc2ccc(Cl)cc2)(Cn2ccnc2)S1. The van der Waals surface area contributed by atoms with Gasteiger partial charge in [-0.05, 0) is 36.3 Å². The van der Waals surface area contributed by atoms with E-state index >= 15 is 0 Å². The summed E-state index contributed by atoms with van der Waals surface area (Å²) in [6.45, 7) is 3.34. The van der Waals surface area contributed by atoms with Gasteiger partial charge in [0.1, 0.15) is 0 Å². The van der Waals surface area contributed by atoms with Crippen LogP contribution in [0.2, 0.25) is 5.02 Å². The molecule has 21 heavy (non-hydrogen) atoms. The van der Waals surface area contributed by atoms with Gasteiger partial charge in [0.15, 0.2) is 0 Å². The Morgan fingerprint density at radius 1 is 1.38 bits per heavy atom. The van der Waals surface area contributed by atoms with E-state index in [1.54, 1.807) is 0 Å². The molecule has 2 atom stereocenters. The van der Waals surface area contributed by atoms with Gasteiger partial charge in [0.05, 0.1) is 10.4 Å². The number of hydrogen-bond acceptors (Lipinski definition) is 3. The van der Waals surface area contributed by atoms with Gasteiger partial charge in [-0.15, -0.1) is 23.5 Å². The van der Waals surface area contributed by atoms with Crippen molar-refractivity contribution >= 4 is 35.1 Å². The van der Waals surface area contributed by atoms with Crippen LogP contribution in [0.1, 0.15) is 18.9 Å². The highest BCUT2D eigenvalue weighted by atomic mass is 35.5. The van der Waals surface area contributed by atoms with Crippen molar-refractivity contribution in [1.82, 2.24) is 9.55 Å². The van der Waals surface area contributed by atoms with Gasteiger partial charge in [-0.2, -0.15) is 0 Å². The Hall–Kier alpha value is -0.580. The molecule has 1 aromatic heterocycles. The Balaban J connectivity index is 1.82. The molecular formula is C16H19ClN2S2. The van der Waals surface area contributed by atoms with Crippen LogP contribution in [-0.4, -0.2) is 24.6 Å². The first kappa shape index (κ1) is 15.3. The van der Waals surface area contributed by atoms with Crippen LogP contribution in [0.15, 0.2) is 43.0 Å². The molecule has 0 saturated carbocycles. The number of thioether (sulfide) groups is 2. The van der Waals surface area contributed by atoms with Crippen molar-refractivity contribution < 1.29 is 0 Å². The summed E-state index contributed by atoms with van der Waals surface area (Å²) in [5.74, 6) is 1.23. The lowest BCUT2D eigenvalue weighted by Gasteiger charge is -2.39. The van der Waals surface area contributed by atoms with E-state index in [1.165, 1.54) is 17.7 Å². The highest BCUT2D eigenvalue weighted by Crippen LogP contribution is 2.48. The minimum absolute atomic E-state index is 0.187. The number of benzene rings is 1. The molecule has 0 aliphatic carbocycles. The second-order valence-electron chi connectivity index (χ2n) is 5.51. The van der Waals surface area contributed by atoms with Crippen LogP contribution in [0.5, 0.6) is 0 Å². The molecule has 5 heteroatoms. The maximum atomic E-state index is 6.00. The van der Waals surface area contributed by atoms with Crippen molar-refractivity contribution in [1.29, 1.82) is 0 Å². The van der Waals surface area contributed by atoms with Gasteiger partial charge in [-0.1, -0.05) is 30.7 Å². The van der Waals surface area contributed by atoms with Gasteiger partial charge in [-0.3, -0.25) is 0 Å². The zero-order chi connectivity index (χ0) is 14.7. The zero-order valence-electron chi connectivity index (χ0n) is 12.0. The fourth-order valence-corrected chi connectivity index (χ4v) is 6.76. The fraction of sp³-hybridized carbons (Fsp3) is 0.438. The Kier molecular flexibility index (Phi) is 4.87. The minimum atomic E-state index is 0.187. The van der Waals surface area contributed by atoms with Crippen molar-refractivity contribution in [3.8, 4) is 0 Å². The lowest BCUT2D eigenvalue weighted by molar-refractivity contribution is 0.613. The van der Waals surface area contributed by atoms with Crippen molar-refractivity contribution in [3.05, 3.63) is 53.6 Å². The summed E-state index contributed by atoms with van der Waals surface area (Å²) < 4.78 is 2.39. The Bertz CT molecular complexity index is 570. The number of aromatic nitrogens is 2. The monoisotopic (exact) mass is 338 g/mol. The van der Waals surface area contributed by atoms with E-state index in [0.29, 0.717) is 5.25 Å². The average molecular weight is 339 g/mol. The average Bonchev–Trinajstić information content (AvgIpc) is 2.94. The third kappa shape index (κ3) is 3.99. The molecule has 2 heterocycles. The molecule has 1 fully saturated rings. The third-order valence-corrected chi connectivity index (χ3v) is 7.15. The van der Waals surface area contributed by atoms with Crippen LogP contribution in [-0.2, 0) is 13.0 Å². The molecule has 0 N–H and O–H groups in total. The predicted octanol–water partition coefficient (Wildman–Crippen LogP) is 4.73. The molecule has 1 aliphatic heterocycles. The van der Waals surface area contributed by atoms with Gasteiger partial charge >= 0.3 is 0 Å². The van der Waals surface area contributed by atoms with Crippen molar-refractivity contribution in [3.63, 3.8) is 0 Å². The van der Waals surface area contributed by atoms with Gasteiger partial charge < -0.3 is 4.57 Å². The molecule has 2 aromatic rings. The highest BCUT2D eigenvalue weighted by molar-refractivity contribution is 8.19. The number of imidazole rings is 1. The standard InChI is InChI=1S/C16H19ClN2S2/c1-13-6-9-20-16(21-13,11-19-8-7-18-12-19)10-14-2-4-15(17)5-3-14/h2-5,7-8,12-13H,6,9-11H2,1H3. The van der Waals surface area contributed by atoms with Gasteiger partial charge in [-0.25, -0.2) is 4.98 Å². The third-order valence-electron chi connectivity index (χ3n) is 3.67. The first-order chi connectivity index (χ1) is 10.2. The lowest BCUT2D eigenvalue weighted by Crippen LogP contribution is -2.35. The topological polar surface area (TPSA) is 17.8 Å². The summed E-state index contributed by atoms with van der Waals surface area (Å²) in [6.07, 6.45) is 8.19. The largest absolute Gasteiger partial charge is 0.335 e. The van der Waals surface area contributed by atoms with Crippen LogP contribution >= 0.6 is 35.1 Å². The molecule has 112 valence electrons. The second-order valence-corrected chi connectivity index (χ2v) is 9.51. The van der Waals surface area contributed by atoms with Crippen LogP contribution in [0.4, 0.5) is 0 Å². The molecule has 3 rings (SSSR count). The summed E-state index contributed by atoms with van der Waals surface area (Å²) in [5.41, 5.74) is 1.36. The summed E-state index contributed by atoms with van der Waals surface area (Å²) in [6, 6.07) is 8.28. The van der Waals surface area contributed by atoms with Gasteiger partial charge in [0, 0.05) is 29.2 Å². The van der Waals surface area contributed by atoms with Crippen LogP contribution < -0.4 is 0 Å². The van der Waals surface area contributed by atoms with E-state index in [2.05, 4.69) is 58.3 Å². The van der Waals surface area contributed by atoms with Gasteiger partial charge in [0.2, 0.25) is 0 Å². The maximum absolute atomic E-state index is 6.00. The van der Waals surface area contributed by atoms with Gasteiger partial charge in [0.25, 0.3) is 0 Å². The van der Waals surface area contributed by atoms with Crippen LogP contribution in [0.25, 0.3) is 0 Å². The molecule has 0 amide bonds. The zero-order valence-corrected chi connectivity index (χ0v) is 14.4. The molecular weight excluding hydrogens is 320 g/mol. The molecule has 2 nitrogen and oxygen atoms in total. The molecule has 0 spiro atoms. The molecule has 1 saturated heterocycles. The maximum Gasteiger partial charge on any atom is 0.0946 e. The van der Waals surface area contributed by atoms with E-state index in [0.717, 1.165) is 18.0 Å². The first-order valence-electron chi connectivity index (χ1n) is 7.17. The predicted molar refractivity (Wildman–Crippen MR) is 94.2 cm³/mol. The number of rotatable bonds is 4. The summed E-state index contributed by atoms with van der Waals surface area (Å²) >= 11 is 10.2. The Morgan fingerprint density at radius 3 is 2.86 bits per heavy atom. The van der Waals surface area contributed by atoms with E-state index in [4.69, 9.17) is 11.6 Å².